The Morgan fingerprint density at radius 3 is 2.67 bits per heavy atom. The summed E-state index contributed by atoms with van der Waals surface area (Å²) in [5.74, 6) is 0.293. The fourth-order valence-corrected chi connectivity index (χ4v) is 2.41. The molecule has 0 saturated carbocycles. The molecular weight excluding hydrogens is 324 g/mol. The van der Waals surface area contributed by atoms with Gasteiger partial charge < -0.3 is 10.2 Å². The molecule has 24 heavy (non-hydrogen) atoms. The van der Waals surface area contributed by atoms with E-state index in [9.17, 15) is 4.79 Å². The van der Waals surface area contributed by atoms with Crippen LogP contribution in [0, 0.1) is 13.8 Å². The average molecular weight is 347 g/mol. The predicted molar refractivity (Wildman–Crippen MR) is 98.1 cm³/mol. The average Bonchev–Trinajstić information content (AvgIpc) is 2.54. The molecule has 1 aromatic heterocycles. The number of hydrogen-bond acceptors (Lipinski definition) is 4. The summed E-state index contributed by atoms with van der Waals surface area (Å²) in [5, 5.41) is 3.78. The van der Waals surface area contributed by atoms with Gasteiger partial charge in [-0.05, 0) is 44.0 Å². The van der Waals surface area contributed by atoms with E-state index in [4.69, 9.17) is 11.6 Å². The summed E-state index contributed by atoms with van der Waals surface area (Å²) in [7, 11) is 1.79. The van der Waals surface area contributed by atoms with Gasteiger partial charge in [-0.15, -0.1) is 0 Å². The number of nitrogens with zero attached hydrogens (tertiary/aromatic N) is 3. The molecule has 6 heteroatoms. The quantitative estimate of drug-likeness (QED) is 0.844. The SMILES string of the molecule is CCCCN(C)C(=O)c1cc(C)nc(Nc2ccc(C)c(Cl)c2)n1. The molecule has 0 aliphatic rings. The number of carbonyl (C=O) groups excluding carboxylic acids is 1. The number of benzene rings is 1. The van der Waals surface area contributed by atoms with Crippen LogP contribution in [0.3, 0.4) is 0 Å². The molecule has 1 amide bonds. The molecule has 0 aliphatic heterocycles. The maximum atomic E-state index is 12.5. The summed E-state index contributed by atoms with van der Waals surface area (Å²) in [5.41, 5.74) is 2.91. The fourth-order valence-electron chi connectivity index (χ4n) is 2.23. The minimum absolute atomic E-state index is 0.0982. The summed E-state index contributed by atoms with van der Waals surface area (Å²) >= 11 is 6.14. The first kappa shape index (κ1) is 18.2. The molecule has 0 radical (unpaired) electrons. The van der Waals surface area contributed by atoms with Gasteiger partial charge in [-0.25, -0.2) is 9.97 Å². The standard InChI is InChI=1S/C18H23ClN4O/c1-5-6-9-23(4)17(24)16-10-13(3)20-18(22-16)21-14-8-7-12(2)15(19)11-14/h7-8,10-11H,5-6,9H2,1-4H3,(H,20,21,22). The van der Waals surface area contributed by atoms with E-state index in [1.54, 1.807) is 18.0 Å². The number of nitrogens with one attached hydrogen (secondary N) is 1. The van der Waals surface area contributed by atoms with Crippen molar-refractivity contribution in [2.45, 2.75) is 33.6 Å². The van der Waals surface area contributed by atoms with Crippen molar-refractivity contribution in [3.8, 4) is 0 Å². The van der Waals surface area contributed by atoms with E-state index in [0.717, 1.165) is 29.8 Å². The van der Waals surface area contributed by atoms with Crippen molar-refractivity contribution in [2.75, 3.05) is 18.9 Å². The van der Waals surface area contributed by atoms with Gasteiger partial charge in [0.05, 0.1) is 0 Å². The second kappa shape index (κ2) is 8.11. The van der Waals surface area contributed by atoms with Crippen molar-refractivity contribution < 1.29 is 4.79 Å². The van der Waals surface area contributed by atoms with Gasteiger partial charge in [-0.3, -0.25) is 4.79 Å². The third kappa shape index (κ3) is 4.68. The molecule has 2 rings (SSSR count). The van der Waals surface area contributed by atoms with Gasteiger partial charge in [0.15, 0.2) is 0 Å². The Labute approximate surface area is 148 Å². The highest BCUT2D eigenvalue weighted by molar-refractivity contribution is 6.31. The van der Waals surface area contributed by atoms with Gasteiger partial charge in [0.1, 0.15) is 5.69 Å². The first-order chi connectivity index (χ1) is 11.4. The molecule has 0 aliphatic carbocycles. The lowest BCUT2D eigenvalue weighted by Gasteiger charge is -2.17. The Morgan fingerprint density at radius 1 is 1.25 bits per heavy atom. The number of unbranched alkanes of at least 4 members (excludes halogenated alkanes) is 1. The number of rotatable bonds is 6. The van der Waals surface area contributed by atoms with Gasteiger partial charge in [-0.1, -0.05) is 31.0 Å². The molecule has 0 atom stereocenters. The maximum absolute atomic E-state index is 12.5. The molecular formula is C18H23ClN4O. The van der Waals surface area contributed by atoms with Crippen LogP contribution < -0.4 is 5.32 Å². The van der Waals surface area contributed by atoms with E-state index in [0.29, 0.717) is 23.2 Å². The van der Waals surface area contributed by atoms with Crippen molar-refractivity contribution in [1.29, 1.82) is 0 Å². The van der Waals surface area contributed by atoms with Crippen molar-refractivity contribution >= 4 is 29.1 Å². The summed E-state index contributed by atoms with van der Waals surface area (Å²) in [4.78, 5) is 22.9. The summed E-state index contributed by atoms with van der Waals surface area (Å²) in [6.07, 6.45) is 2.01. The Morgan fingerprint density at radius 2 is 2.00 bits per heavy atom. The molecule has 1 aromatic carbocycles. The molecule has 128 valence electrons. The number of aromatic nitrogens is 2. The van der Waals surface area contributed by atoms with Crippen LogP contribution in [-0.2, 0) is 0 Å². The summed E-state index contributed by atoms with van der Waals surface area (Å²) < 4.78 is 0. The molecule has 1 heterocycles. The van der Waals surface area contributed by atoms with Gasteiger partial charge in [0.2, 0.25) is 5.95 Å². The van der Waals surface area contributed by atoms with Crippen LogP contribution in [0.25, 0.3) is 0 Å². The summed E-state index contributed by atoms with van der Waals surface area (Å²) in [6.45, 7) is 6.60. The molecule has 1 N–H and O–H groups in total. The molecule has 0 fully saturated rings. The van der Waals surface area contributed by atoms with Crippen molar-refractivity contribution in [2.24, 2.45) is 0 Å². The van der Waals surface area contributed by atoms with E-state index in [1.165, 1.54) is 0 Å². The second-order valence-electron chi connectivity index (χ2n) is 5.89. The highest BCUT2D eigenvalue weighted by atomic mass is 35.5. The number of carbonyl (C=O) groups is 1. The fraction of sp³-hybridized carbons (Fsp3) is 0.389. The number of halogens is 1. The molecule has 0 spiro atoms. The van der Waals surface area contributed by atoms with Gasteiger partial charge in [-0.2, -0.15) is 0 Å². The zero-order valence-corrected chi connectivity index (χ0v) is 15.3. The maximum Gasteiger partial charge on any atom is 0.272 e. The number of aryl methyl sites for hydroxylation is 2. The van der Waals surface area contributed by atoms with Crippen molar-refractivity contribution in [3.63, 3.8) is 0 Å². The van der Waals surface area contributed by atoms with Crippen LogP contribution in [-0.4, -0.2) is 34.4 Å². The first-order valence-electron chi connectivity index (χ1n) is 8.05. The van der Waals surface area contributed by atoms with E-state index >= 15 is 0 Å². The third-order valence-corrected chi connectivity index (χ3v) is 4.10. The van der Waals surface area contributed by atoms with Crippen LogP contribution in [0.15, 0.2) is 24.3 Å². The van der Waals surface area contributed by atoms with Gasteiger partial charge >= 0.3 is 0 Å². The van der Waals surface area contributed by atoms with Crippen LogP contribution in [0.5, 0.6) is 0 Å². The van der Waals surface area contributed by atoms with Crippen molar-refractivity contribution in [1.82, 2.24) is 14.9 Å². The van der Waals surface area contributed by atoms with E-state index < -0.39 is 0 Å². The zero-order chi connectivity index (χ0) is 17.7. The van der Waals surface area contributed by atoms with Crippen LogP contribution in [0.4, 0.5) is 11.6 Å². The van der Waals surface area contributed by atoms with Crippen LogP contribution in [0.1, 0.15) is 41.5 Å². The Balaban J connectivity index is 2.21. The van der Waals surface area contributed by atoms with E-state index in [1.807, 2.05) is 32.0 Å². The first-order valence-corrected chi connectivity index (χ1v) is 8.43. The van der Waals surface area contributed by atoms with Crippen LogP contribution >= 0.6 is 11.6 Å². The van der Waals surface area contributed by atoms with Crippen LogP contribution in [0.2, 0.25) is 5.02 Å². The Hall–Kier alpha value is -2.14. The largest absolute Gasteiger partial charge is 0.340 e. The molecule has 2 aromatic rings. The highest BCUT2D eigenvalue weighted by Gasteiger charge is 2.15. The molecule has 0 saturated heterocycles. The molecule has 0 bridgehead atoms. The van der Waals surface area contributed by atoms with Crippen molar-refractivity contribution in [3.05, 3.63) is 46.2 Å². The lowest BCUT2D eigenvalue weighted by molar-refractivity contribution is 0.0787. The topological polar surface area (TPSA) is 58.1 Å². The highest BCUT2D eigenvalue weighted by Crippen LogP contribution is 2.22. The lowest BCUT2D eigenvalue weighted by atomic mass is 10.2. The summed E-state index contributed by atoms with van der Waals surface area (Å²) in [6, 6.07) is 7.35. The minimum atomic E-state index is -0.0982. The van der Waals surface area contributed by atoms with E-state index in [2.05, 4.69) is 22.2 Å². The predicted octanol–water partition coefficient (Wildman–Crippen LogP) is 4.36. The number of amides is 1. The number of hydrogen-bond donors (Lipinski definition) is 1. The Bertz CT molecular complexity index is 733. The van der Waals surface area contributed by atoms with Gasteiger partial charge in [0, 0.05) is 30.0 Å². The van der Waals surface area contributed by atoms with Gasteiger partial charge in [0.25, 0.3) is 5.91 Å². The molecule has 5 nitrogen and oxygen atoms in total. The lowest BCUT2D eigenvalue weighted by Crippen LogP contribution is -2.28. The molecule has 0 unspecified atom stereocenters. The number of anilines is 2. The minimum Gasteiger partial charge on any atom is -0.340 e. The zero-order valence-electron chi connectivity index (χ0n) is 14.6. The smallest absolute Gasteiger partial charge is 0.272 e. The third-order valence-electron chi connectivity index (χ3n) is 3.70. The second-order valence-corrected chi connectivity index (χ2v) is 6.29. The normalized spacial score (nSPS) is 10.5. The monoisotopic (exact) mass is 346 g/mol. The van der Waals surface area contributed by atoms with E-state index in [-0.39, 0.29) is 5.91 Å². The Kier molecular flexibility index (Phi) is 6.15.